The molecule has 19 heteroatoms. The number of benzene rings is 5. The number of ether oxygens (including phenoxy) is 3. The molecule has 5 rings (SSSR count). The Morgan fingerprint density at radius 2 is 1.22 bits per heavy atom. The van der Waals surface area contributed by atoms with E-state index in [4.69, 9.17) is 24.0 Å². The van der Waals surface area contributed by atoms with Crippen molar-refractivity contribution in [2.45, 2.75) is 33.1 Å². The molecule has 0 bridgehead atoms. The van der Waals surface area contributed by atoms with Crippen LogP contribution in [-0.2, 0) is 46.1 Å². The number of aryl methyl sites for hydroxylation is 1. The molecule has 0 radical (unpaired) electrons. The molecule has 5 aromatic rings. The second kappa shape index (κ2) is 18.0. The summed E-state index contributed by atoms with van der Waals surface area (Å²) in [5.74, 6) is 0.694. The summed E-state index contributed by atoms with van der Waals surface area (Å²) in [7, 11) is -11.5. The average Bonchev–Trinajstić information content (AvgIpc) is 3.12. The molecule has 0 spiro atoms. The standard InChI is InChI=1S/C34H28O12S3.CH4O3S/c1-22-3-5-23(6-4-22)34(35)24-7-10-27(11-8-24)43-21-25-9-16-29(19-32(25)47-46-45-36)48(37,38)30-17-18-31(33(20-30)49(39,40)41)44-28-14-12-26(42-2)13-15-28;1-5(2,3)4/h3-20,36H,21H2,1-2H3,(H,39,40,41);1H3,(H,2,3,4). The van der Waals surface area contributed by atoms with Gasteiger partial charge in [-0.05, 0) is 85.8 Å². The van der Waals surface area contributed by atoms with Gasteiger partial charge >= 0.3 is 0 Å². The smallest absolute Gasteiger partial charge is 0.298 e. The number of hydrogen-bond donors (Lipinski definition) is 3. The Hall–Kier alpha value is -4.83. The Labute approximate surface area is 315 Å². The van der Waals surface area contributed by atoms with E-state index in [1.54, 1.807) is 48.5 Å². The number of ketones is 1. The van der Waals surface area contributed by atoms with Gasteiger partial charge in [0.2, 0.25) is 9.84 Å². The molecule has 0 unspecified atom stereocenters. The second-order valence-corrected chi connectivity index (χ2v) is 16.6. The molecule has 5 aromatic carbocycles. The molecule has 0 aliphatic carbocycles. The van der Waals surface area contributed by atoms with E-state index >= 15 is 0 Å². The van der Waals surface area contributed by atoms with Gasteiger partial charge in [0.15, 0.2) is 5.78 Å². The molecule has 0 aromatic heterocycles. The largest absolute Gasteiger partial charge is 0.497 e. The van der Waals surface area contributed by atoms with Crippen LogP contribution in [0, 0.1) is 6.92 Å². The molecule has 0 saturated heterocycles. The maximum Gasteiger partial charge on any atom is 0.298 e. The third-order valence-corrected chi connectivity index (χ3v) is 10.4. The molecule has 0 saturated carbocycles. The number of rotatable bonds is 14. The van der Waals surface area contributed by atoms with E-state index in [-0.39, 0.29) is 33.7 Å². The lowest BCUT2D eigenvalue weighted by Crippen LogP contribution is -2.07. The topological polar surface area (TPSA) is 226 Å². The lowest BCUT2D eigenvalue weighted by molar-refractivity contribution is -0.432. The third kappa shape index (κ3) is 11.8. The highest BCUT2D eigenvalue weighted by atomic mass is 32.2. The van der Waals surface area contributed by atoms with Gasteiger partial charge in [0.05, 0.1) is 35.2 Å². The van der Waals surface area contributed by atoms with Crippen LogP contribution in [0.25, 0.3) is 0 Å². The van der Waals surface area contributed by atoms with Gasteiger partial charge in [-0.25, -0.2) is 13.7 Å². The zero-order chi connectivity index (χ0) is 39.7. The molecule has 54 heavy (non-hydrogen) atoms. The summed E-state index contributed by atoms with van der Waals surface area (Å²) in [5, 5.41) is 12.5. The van der Waals surface area contributed by atoms with Crippen molar-refractivity contribution < 1.29 is 68.0 Å². The summed E-state index contributed by atoms with van der Waals surface area (Å²) in [6.07, 6.45) is 0.715. The third-order valence-electron chi connectivity index (χ3n) is 7.12. The number of hydrogen-bond acceptors (Lipinski definition) is 14. The van der Waals surface area contributed by atoms with E-state index in [2.05, 4.69) is 9.37 Å². The van der Waals surface area contributed by atoms with Crippen molar-refractivity contribution in [1.82, 2.24) is 0 Å². The van der Waals surface area contributed by atoms with Crippen molar-refractivity contribution in [3.05, 3.63) is 131 Å². The van der Waals surface area contributed by atoms with Gasteiger partial charge in [-0.2, -0.15) is 16.8 Å². The van der Waals surface area contributed by atoms with Crippen molar-refractivity contribution in [1.29, 1.82) is 0 Å². The minimum absolute atomic E-state index is 0.0764. The zero-order valence-corrected chi connectivity index (χ0v) is 31.7. The minimum atomic E-state index is -4.93. The van der Waals surface area contributed by atoms with Crippen LogP contribution in [0.2, 0.25) is 0 Å². The van der Waals surface area contributed by atoms with Crippen LogP contribution in [-0.4, -0.2) is 58.8 Å². The average molecular weight is 821 g/mol. The predicted molar refractivity (Wildman–Crippen MR) is 195 cm³/mol. The Kier molecular flexibility index (Phi) is 14.0. The fourth-order valence-corrected chi connectivity index (χ4v) is 7.15. The molecule has 0 atom stereocenters. The lowest BCUT2D eigenvalue weighted by Gasteiger charge is -2.14. The monoisotopic (exact) mass is 820 g/mol. The molecule has 0 heterocycles. The normalized spacial score (nSPS) is 11.6. The SMILES string of the molecule is COc1ccc(Oc2ccc(S(=O)(=O)c3ccc(COc4ccc(C(=O)c5ccc(C)cc5)cc4)c(SOOO)c3)cc2S(=O)(=O)O)cc1.CS(=O)(=O)O. The quantitative estimate of drug-likeness (QED) is 0.0352. The highest BCUT2D eigenvalue weighted by Gasteiger charge is 2.26. The van der Waals surface area contributed by atoms with Crippen molar-refractivity contribution in [3.8, 4) is 23.0 Å². The summed E-state index contributed by atoms with van der Waals surface area (Å²) < 4.78 is 109. The number of carbonyl (C=O) groups is 1. The fourth-order valence-electron chi connectivity index (χ4n) is 4.53. The van der Waals surface area contributed by atoms with Crippen LogP contribution in [0.5, 0.6) is 23.0 Å². The van der Waals surface area contributed by atoms with Crippen LogP contribution in [0.1, 0.15) is 27.0 Å². The van der Waals surface area contributed by atoms with E-state index < -0.39 is 39.9 Å². The van der Waals surface area contributed by atoms with Crippen molar-refractivity contribution in [2.75, 3.05) is 13.4 Å². The van der Waals surface area contributed by atoms with Gasteiger partial charge in [-0.1, -0.05) is 40.9 Å². The molecule has 0 aliphatic rings. The first-order chi connectivity index (χ1) is 25.4. The van der Waals surface area contributed by atoms with Gasteiger partial charge in [0.25, 0.3) is 20.2 Å². The molecule has 0 fully saturated rings. The fraction of sp³-hybridized carbons (Fsp3) is 0.114. The summed E-state index contributed by atoms with van der Waals surface area (Å²) in [5.41, 5.74) is 2.49. The summed E-state index contributed by atoms with van der Waals surface area (Å²) in [6.45, 7) is 1.86. The van der Waals surface area contributed by atoms with Gasteiger partial charge in [0.1, 0.15) is 34.5 Å². The molecular weight excluding hydrogens is 789 g/mol. The molecule has 0 amide bonds. The molecule has 286 valence electrons. The highest BCUT2D eigenvalue weighted by Crippen LogP contribution is 2.35. The van der Waals surface area contributed by atoms with Gasteiger partial charge in [-0.3, -0.25) is 13.9 Å². The number of carbonyl (C=O) groups excluding carboxylic acids is 1. The minimum Gasteiger partial charge on any atom is -0.497 e. The van der Waals surface area contributed by atoms with Crippen LogP contribution >= 0.6 is 12.0 Å². The van der Waals surface area contributed by atoms with E-state index in [0.29, 0.717) is 46.5 Å². The first-order valence-corrected chi connectivity index (χ1v) is 20.6. The van der Waals surface area contributed by atoms with Crippen molar-refractivity contribution in [2.24, 2.45) is 0 Å². The Bertz CT molecular complexity index is 2410. The Balaban J connectivity index is 0.00000122. The van der Waals surface area contributed by atoms with Crippen LogP contribution in [0.4, 0.5) is 0 Å². The highest BCUT2D eigenvalue weighted by molar-refractivity contribution is 7.94. The van der Waals surface area contributed by atoms with Gasteiger partial charge < -0.3 is 14.2 Å². The van der Waals surface area contributed by atoms with Crippen LogP contribution < -0.4 is 14.2 Å². The number of methoxy groups -OCH3 is 1. The van der Waals surface area contributed by atoms with Crippen molar-refractivity contribution >= 4 is 47.9 Å². The maximum absolute atomic E-state index is 13.7. The lowest BCUT2D eigenvalue weighted by atomic mass is 10.0. The maximum atomic E-state index is 13.7. The molecule has 3 N–H and O–H groups in total. The van der Waals surface area contributed by atoms with Gasteiger partial charge in [0, 0.05) is 21.6 Å². The molecular formula is C35H32O15S4. The van der Waals surface area contributed by atoms with E-state index in [0.717, 1.165) is 23.8 Å². The second-order valence-electron chi connectivity index (χ2n) is 11.1. The first kappa shape index (κ1) is 41.9. The van der Waals surface area contributed by atoms with Crippen molar-refractivity contribution in [3.63, 3.8) is 0 Å². The Morgan fingerprint density at radius 1 is 0.704 bits per heavy atom. The summed E-state index contributed by atoms with van der Waals surface area (Å²) in [6, 6.07) is 26.8. The van der Waals surface area contributed by atoms with Crippen LogP contribution in [0.3, 0.4) is 0 Å². The predicted octanol–water partition coefficient (Wildman–Crippen LogP) is 6.62. The number of sulfone groups is 1. The molecule has 0 aliphatic heterocycles. The molecule has 15 nitrogen and oxygen atoms in total. The zero-order valence-electron chi connectivity index (χ0n) is 28.5. The van der Waals surface area contributed by atoms with Gasteiger partial charge in [-0.15, -0.1) is 4.33 Å². The summed E-state index contributed by atoms with van der Waals surface area (Å²) in [4.78, 5) is 11.5. The van der Waals surface area contributed by atoms with E-state index in [1.807, 2.05) is 19.1 Å². The Morgan fingerprint density at radius 3 is 1.78 bits per heavy atom. The first-order valence-electron chi connectivity index (χ1n) is 15.1. The van der Waals surface area contributed by atoms with E-state index in [1.165, 1.54) is 37.4 Å². The summed E-state index contributed by atoms with van der Waals surface area (Å²) >= 11 is 0.500. The van der Waals surface area contributed by atoms with Crippen LogP contribution in [0.15, 0.2) is 129 Å². The van der Waals surface area contributed by atoms with E-state index in [9.17, 15) is 34.6 Å².